The minimum absolute atomic E-state index is 0.173. The largest absolute Gasteiger partial charge is 0.379 e. The molecule has 7 heteroatoms. The highest BCUT2D eigenvalue weighted by Crippen LogP contribution is 2.24. The van der Waals surface area contributed by atoms with Gasteiger partial charge in [0.2, 0.25) is 10.0 Å². The summed E-state index contributed by atoms with van der Waals surface area (Å²) in [5.41, 5.74) is 4.23. The number of nitrogens with zero attached hydrogens (tertiary/aromatic N) is 1. The average Bonchev–Trinajstić information content (AvgIpc) is 2.70. The van der Waals surface area contributed by atoms with Crippen molar-refractivity contribution in [2.75, 3.05) is 26.3 Å². The second kappa shape index (κ2) is 8.65. The van der Waals surface area contributed by atoms with Crippen LogP contribution in [-0.4, -0.2) is 44.9 Å². The Kier molecular flexibility index (Phi) is 6.41. The van der Waals surface area contributed by atoms with Crippen molar-refractivity contribution >= 4 is 15.9 Å². The van der Waals surface area contributed by atoms with E-state index in [2.05, 4.69) is 11.4 Å². The number of nitrogens with one attached hydrogen (secondary N) is 1. The van der Waals surface area contributed by atoms with Crippen molar-refractivity contribution < 1.29 is 17.9 Å². The predicted octanol–water partition coefficient (Wildman–Crippen LogP) is 3.12. The zero-order valence-corrected chi connectivity index (χ0v) is 18.2. The van der Waals surface area contributed by atoms with Crippen LogP contribution >= 0.6 is 0 Å². The molecule has 0 aromatic heterocycles. The Bertz CT molecular complexity index is 1010. The standard InChI is InChI=1S/C22H28N2O4S/c1-15-5-6-16(2)20(13-15)18(4)23-22(25)19-8-7-17(3)21(14-19)29(26,27)24-9-11-28-12-10-24/h5-8,13-14,18H,9-12H2,1-4H3,(H,23,25)/t18-/m0/s1. The van der Waals surface area contributed by atoms with Crippen LogP contribution < -0.4 is 5.32 Å². The number of carbonyl (C=O) groups excluding carboxylic acids is 1. The lowest BCUT2D eigenvalue weighted by Gasteiger charge is -2.27. The van der Waals surface area contributed by atoms with E-state index in [1.807, 2.05) is 32.9 Å². The van der Waals surface area contributed by atoms with E-state index in [1.165, 1.54) is 10.4 Å². The zero-order chi connectivity index (χ0) is 21.2. The molecule has 1 saturated heterocycles. The number of amides is 1. The molecule has 2 aromatic rings. The summed E-state index contributed by atoms with van der Waals surface area (Å²) in [4.78, 5) is 13.0. The number of sulfonamides is 1. The van der Waals surface area contributed by atoms with Crippen LogP contribution in [0.1, 0.15) is 45.6 Å². The van der Waals surface area contributed by atoms with Crippen molar-refractivity contribution in [3.63, 3.8) is 0 Å². The average molecular weight is 417 g/mol. The molecule has 0 radical (unpaired) electrons. The van der Waals surface area contributed by atoms with Gasteiger partial charge < -0.3 is 10.1 Å². The van der Waals surface area contributed by atoms with Gasteiger partial charge in [0.25, 0.3) is 5.91 Å². The van der Waals surface area contributed by atoms with Crippen LogP contribution in [0.4, 0.5) is 0 Å². The third-order valence-electron chi connectivity index (χ3n) is 5.29. The molecule has 29 heavy (non-hydrogen) atoms. The van der Waals surface area contributed by atoms with Crippen molar-refractivity contribution in [3.8, 4) is 0 Å². The predicted molar refractivity (Wildman–Crippen MR) is 113 cm³/mol. The molecule has 1 N–H and O–H groups in total. The van der Waals surface area contributed by atoms with Crippen molar-refractivity contribution in [1.82, 2.24) is 9.62 Å². The van der Waals surface area contributed by atoms with Gasteiger partial charge >= 0.3 is 0 Å². The summed E-state index contributed by atoms with van der Waals surface area (Å²) in [6.07, 6.45) is 0. The summed E-state index contributed by atoms with van der Waals surface area (Å²) in [6.45, 7) is 9.10. The summed E-state index contributed by atoms with van der Waals surface area (Å²) in [5, 5.41) is 2.99. The van der Waals surface area contributed by atoms with E-state index in [9.17, 15) is 13.2 Å². The number of aryl methyl sites for hydroxylation is 3. The van der Waals surface area contributed by atoms with E-state index in [1.54, 1.807) is 19.1 Å². The van der Waals surface area contributed by atoms with Crippen LogP contribution in [0.15, 0.2) is 41.3 Å². The molecule has 3 rings (SSSR count). The van der Waals surface area contributed by atoms with Crippen LogP contribution in [0.2, 0.25) is 0 Å². The van der Waals surface area contributed by atoms with Crippen LogP contribution in [0.3, 0.4) is 0 Å². The van der Waals surface area contributed by atoms with Crippen LogP contribution in [0, 0.1) is 20.8 Å². The maximum Gasteiger partial charge on any atom is 0.251 e. The smallest absolute Gasteiger partial charge is 0.251 e. The molecule has 1 heterocycles. The van der Waals surface area contributed by atoms with Gasteiger partial charge in [-0.25, -0.2) is 8.42 Å². The number of rotatable bonds is 5. The Morgan fingerprint density at radius 3 is 2.38 bits per heavy atom. The van der Waals surface area contributed by atoms with Crippen molar-refractivity contribution in [2.45, 2.75) is 38.6 Å². The van der Waals surface area contributed by atoms with Gasteiger partial charge in [0.05, 0.1) is 24.2 Å². The molecule has 0 bridgehead atoms. The molecule has 0 saturated carbocycles. The molecular formula is C22H28N2O4S. The lowest BCUT2D eigenvalue weighted by Crippen LogP contribution is -2.41. The van der Waals surface area contributed by atoms with Gasteiger partial charge in [0.1, 0.15) is 0 Å². The minimum atomic E-state index is -3.67. The Morgan fingerprint density at radius 1 is 1.03 bits per heavy atom. The molecule has 0 aliphatic carbocycles. The van der Waals surface area contributed by atoms with Crippen LogP contribution in [-0.2, 0) is 14.8 Å². The lowest BCUT2D eigenvalue weighted by molar-refractivity contribution is 0.0730. The number of morpholine rings is 1. The molecular weight excluding hydrogens is 388 g/mol. The molecule has 1 atom stereocenters. The Balaban J connectivity index is 1.85. The molecule has 156 valence electrons. The van der Waals surface area contributed by atoms with E-state index < -0.39 is 10.0 Å². The van der Waals surface area contributed by atoms with Crippen molar-refractivity contribution in [3.05, 3.63) is 64.2 Å². The van der Waals surface area contributed by atoms with Gasteiger partial charge in [0.15, 0.2) is 0 Å². The van der Waals surface area contributed by atoms with Gasteiger partial charge in [-0.1, -0.05) is 29.8 Å². The zero-order valence-electron chi connectivity index (χ0n) is 17.4. The maximum absolute atomic E-state index is 13.0. The fourth-order valence-electron chi connectivity index (χ4n) is 3.53. The number of ether oxygens (including phenoxy) is 1. The fraction of sp³-hybridized carbons (Fsp3) is 0.409. The molecule has 2 aromatic carbocycles. The first-order valence-electron chi connectivity index (χ1n) is 9.76. The monoisotopic (exact) mass is 416 g/mol. The van der Waals surface area contributed by atoms with Gasteiger partial charge in [-0.15, -0.1) is 0 Å². The molecule has 1 aliphatic rings. The number of carbonyl (C=O) groups is 1. The Morgan fingerprint density at radius 2 is 1.69 bits per heavy atom. The molecule has 6 nitrogen and oxygen atoms in total. The normalized spacial score (nSPS) is 16.4. The molecule has 1 aliphatic heterocycles. The van der Waals surface area contributed by atoms with Crippen LogP contribution in [0.5, 0.6) is 0 Å². The summed E-state index contributed by atoms with van der Waals surface area (Å²) < 4.78 is 32.8. The highest BCUT2D eigenvalue weighted by molar-refractivity contribution is 7.89. The maximum atomic E-state index is 13.0. The third kappa shape index (κ3) is 4.69. The summed E-state index contributed by atoms with van der Waals surface area (Å²) >= 11 is 0. The van der Waals surface area contributed by atoms with Gasteiger partial charge in [0, 0.05) is 18.7 Å². The molecule has 1 fully saturated rings. The van der Waals surface area contributed by atoms with Gasteiger partial charge in [-0.3, -0.25) is 4.79 Å². The SMILES string of the molecule is Cc1ccc(C)c([C@H](C)NC(=O)c2ccc(C)c(S(=O)(=O)N3CCOCC3)c2)c1. The third-order valence-corrected chi connectivity index (χ3v) is 7.33. The van der Waals surface area contributed by atoms with E-state index in [-0.39, 0.29) is 16.8 Å². The number of hydrogen-bond acceptors (Lipinski definition) is 4. The van der Waals surface area contributed by atoms with Gasteiger partial charge in [-0.2, -0.15) is 4.31 Å². The van der Waals surface area contributed by atoms with Gasteiger partial charge in [-0.05, 0) is 56.5 Å². The summed E-state index contributed by atoms with van der Waals surface area (Å²) in [5.74, 6) is -0.295. The number of hydrogen-bond donors (Lipinski definition) is 1. The van der Waals surface area contributed by atoms with E-state index in [0.29, 0.717) is 37.4 Å². The van der Waals surface area contributed by atoms with E-state index in [0.717, 1.165) is 16.7 Å². The first kappa shape index (κ1) is 21.5. The summed E-state index contributed by atoms with van der Waals surface area (Å²) in [7, 11) is -3.67. The van der Waals surface area contributed by atoms with E-state index in [4.69, 9.17) is 4.74 Å². The van der Waals surface area contributed by atoms with Crippen LogP contribution in [0.25, 0.3) is 0 Å². The molecule has 0 unspecified atom stereocenters. The Labute approximate surface area is 172 Å². The highest BCUT2D eigenvalue weighted by atomic mass is 32.2. The molecule has 1 amide bonds. The topological polar surface area (TPSA) is 75.7 Å². The van der Waals surface area contributed by atoms with Crippen molar-refractivity contribution in [2.24, 2.45) is 0 Å². The highest BCUT2D eigenvalue weighted by Gasteiger charge is 2.28. The van der Waals surface area contributed by atoms with E-state index >= 15 is 0 Å². The quantitative estimate of drug-likeness (QED) is 0.813. The fourth-order valence-corrected chi connectivity index (χ4v) is 5.19. The van der Waals surface area contributed by atoms with Crippen molar-refractivity contribution in [1.29, 1.82) is 0 Å². The first-order chi connectivity index (χ1) is 13.7. The summed E-state index contributed by atoms with van der Waals surface area (Å²) in [6, 6.07) is 10.8. The second-order valence-corrected chi connectivity index (χ2v) is 9.46. The molecule has 0 spiro atoms. The Hall–Kier alpha value is -2.22. The minimum Gasteiger partial charge on any atom is -0.379 e. The second-order valence-electron chi connectivity index (χ2n) is 7.55. The lowest BCUT2D eigenvalue weighted by atomic mass is 9.99. The number of benzene rings is 2. The first-order valence-corrected chi connectivity index (χ1v) is 11.2.